The van der Waals surface area contributed by atoms with E-state index in [2.05, 4.69) is 78.6 Å². The molecule has 2 heteroatoms. The fraction of sp³-hybridized carbons (Fsp3) is 0.0556. The summed E-state index contributed by atoms with van der Waals surface area (Å²) in [6, 6.07) is 23.2. The Kier molecular flexibility index (Phi) is 4.90. The minimum Gasteiger partial charge on any atom is -1.00 e. The molecule has 3 rings (SSSR count). The average molecular weight is 373 g/mol. The van der Waals surface area contributed by atoms with E-state index in [1.165, 1.54) is 22.3 Å². The molecule has 0 N–H and O–H groups in total. The van der Waals surface area contributed by atoms with Crippen molar-refractivity contribution in [3.63, 3.8) is 0 Å². The zero-order valence-electron chi connectivity index (χ0n) is 11.3. The summed E-state index contributed by atoms with van der Waals surface area (Å²) in [6.45, 7) is 0. The van der Waals surface area contributed by atoms with E-state index in [1.54, 1.807) is 0 Å². The second-order valence-electron chi connectivity index (χ2n) is 4.71. The molecule has 0 atom stereocenters. The molecule has 1 heterocycles. The minimum atomic E-state index is 0. The Balaban J connectivity index is 0.00000147. The van der Waals surface area contributed by atoms with Crippen LogP contribution in [0.5, 0.6) is 0 Å². The van der Waals surface area contributed by atoms with Gasteiger partial charge in [0.25, 0.3) is 0 Å². The van der Waals surface area contributed by atoms with Gasteiger partial charge in [-0.25, -0.2) is 4.57 Å². The highest BCUT2D eigenvalue weighted by Gasteiger charge is 2.07. The van der Waals surface area contributed by atoms with Crippen LogP contribution in [0, 0.1) is 0 Å². The zero-order valence-corrected chi connectivity index (χ0v) is 13.5. The van der Waals surface area contributed by atoms with Crippen LogP contribution in [0.3, 0.4) is 0 Å². The summed E-state index contributed by atoms with van der Waals surface area (Å²) in [5.74, 6) is 0. The fourth-order valence-electron chi connectivity index (χ4n) is 2.30. The molecule has 0 spiro atoms. The van der Waals surface area contributed by atoms with Crippen molar-refractivity contribution in [1.29, 1.82) is 0 Å². The Labute approximate surface area is 136 Å². The number of hydrogen-bond acceptors (Lipinski definition) is 0. The Hall–Kier alpha value is -1.68. The topological polar surface area (TPSA) is 3.88 Å². The molecule has 2 aromatic carbocycles. The van der Waals surface area contributed by atoms with Gasteiger partial charge in [-0.3, -0.25) is 0 Å². The van der Waals surface area contributed by atoms with Crippen LogP contribution in [0.15, 0.2) is 79.1 Å². The summed E-state index contributed by atoms with van der Waals surface area (Å²) in [7, 11) is 2.07. The Morgan fingerprint density at radius 1 is 0.600 bits per heavy atom. The molecular formula is C18H16IN. The summed E-state index contributed by atoms with van der Waals surface area (Å²) in [5.41, 5.74) is 4.97. The van der Waals surface area contributed by atoms with Crippen LogP contribution in [0.2, 0.25) is 0 Å². The molecule has 100 valence electrons. The summed E-state index contributed by atoms with van der Waals surface area (Å²) >= 11 is 0. The summed E-state index contributed by atoms with van der Waals surface area (Å²) < 4.78 is 2.12. The van der Waals surface area contributed by atoms with E-state index < -0.39 is 0 Å². The van der Waals surface area contributed by atoms with E-state index in [9.17, 15) is 0 Å². The van der Waals surface area contributed by atoms with E-state index in [-0.39, 0.29) is 24.0 Å². The molecule has 0 unspecified atom stereocenters. The van der Waals surface area contributed by atoms with E-state index >= 15 is 0 Å². The van der Waals surface area contributed by atoms with E-state index in [0.717, 1.165) is 0 Å². The van der Waals surface area contributed by atoms with Gasteiger partial charge in [0.1, 0.15) is 7.05 Å². The summed E-state index contributed by atoms with van der Waals surface area (Å²) in [4.78, 5) is 0. The monoisotopic (exact) mass is 373 g/mol. The quantitative estimate of drug-likeness (QED) is 0.463. The number of rotatable bonds is 2. The maximum atomic E-state index is 2.24. The molecule has 0 aliphatic rings. The zero-order chi connectivity index (χ0) is 13.1. The van der Waals surface area contributed by atoms with Crippen molar-refractivity contribution in [2.45, 2.75) is 0 Å². The van der Waals surface area contributed by atoms with Crippen LogP contribution >= 0.6 is 0 Å². The van der Waals surface area contributed by atoms with Gasteiger partial charge < -0.3 is 24.0 Å². The van der Waals surface area contributed by atoms with Gasteiger partial charge in [-0.1, -0.05) is 60.7 Å². The van der Waals surface area contributed by atoms with Gasteiger partial charge >= 0.3 is 0 Å². The molecule has 1 nitrogen and oxygen atoms in total. The van der Waals surface area contributed by atoms with Crippen LogP contribution in [-0.2, 0) is 7.05 Å². The number of pyridine rings is 1. The van der Waals surface area contributed by atoms with Crippen LogP contribution < -0.4 is 28.5 Å². The van der Waals surface area contributed by atoms with Crippen molar-refractivity contribution in [3.8, 4) is 22.3 Å². The normalized spacial score (nSPS) is 9.85. The predicted molar refractivity (Wildman–Crippen MR) is 78.5 cm³/mol. The Morgan fingerprint density at radius 3 is 1.40 bits per heavy atom. The van der Waals surface area contributed by atoms with Crippen LogP contribution in [-0.4, -0.2) is 0 Å². The first kappa shape index (κ1) is 14.7. The van der Waals surface area contributed by atoms with Gasteiger partial charge in [0.2, 0.25) is 0 Å². The highest BCUT2D eigenvalue weighted by molar-refractivity contribution is 5.70. The SMILES string of the molecule is C[n+]1cc(-c2ccccc2)cc(-c2ccccc2)c1.[I-]. The minimum absolute atomic E-state index is 0. The lowest BCUT2D eigenvalue weighted by atomic mass is 10.0. The molecule has 1 aromatic heterocycles. The molecule has 3 aromatic rings. The summed E-state index contributed by atoms with van der Waals surface area (Å²) in [6.07, 6.45) is 4.31. The lowest BCUT2D eigenvalue weighted by Crippen LogP contribution is -3.00. The number of nitrogens with zero attached hydrogens (tertiary/aromatic N) is 1. The van der Waals surface area contributed by atoms with Crippen LogP contribution in [0.4, 0.5) is 0 Å². The van der Waals surface area contributed by atoms with Crippen molar-refractivity contribution in [1.82, 2.24) is 0 Å². The third kappa shape index (κ3) is 3.25. The smallest absolute Gasteiger partial charge is 0.176 e. The van der Waals surface area contributed by atoms with E-state index in [0.29, 0.717) is 0 Å². The number of aryl methyl sites for hydroxylation is 1. The second kappa shape index (κ2) is 6.66. The number of aromatic nitrogens is 1. The van der Waals surface area contributed by atoms with Crippen molar-refractivity contribution >= 4 is 0 Å². The second-order valence-corrected chi connectivity index (χ2v) is 4.71. The number of halogens is 1. The Morgan fingerprint density at radius 2 is 1.00 bits per heavy atom. The van der Waals surface area contributed by atoms with Gasteiger partial charge in [0, 0.05) is 11.1 Å². The molecule has 0 amide bonds. The molecule has 0 aliphatic heterocycles. The third-order valence-corrected chi connectivity index (χ3v) is 3.21. The lowest BCUT2D eigenvalue weighted by Gasteiger charge is -2.04. The first-order chi connectivity index (χ1) is 9.33. The molecule has 0 saturated heterocycles. The van der Waals surface area contributed by atoms with Crippen molar-refractivity contribution in [3.05, 3.63) is 79.1 Å². The largest absolute Gasteiger partial charge is 1.00 e. The lowest BCUT2D eigenvalue weighted by molar-refractivity contribution is -0.670. The van der Waals surface area contributed by atoms with Gasteiger partial charge in [0.15, 0.2) is 12.4 Å². The van der Waals surface area contributed by atoms with E-state index in [1.807, 2.05) is 12.1 Å². The van der Waals surface area contributed by atoms with Crippen LogP contribution in [0.1, 0.15) is 0 Å². The molecular weight excluding hydrogens is 357 g/mol. The fourth-order valence-corrected chi connectivity index (χ4v) is 2.30. The van der Waals surface area contributed by atoms with Crippen LogP contribution in [0.25, 0.3) is 22.3 Å². The maximum Gasteiger partial charge on any atom is 0.176 e. The first-order valence-electron chi connectivity index (χ1n) is 6.44. The highest BCUT2D eigenvalue weighted by atomic mass is 127. The van der Waals surface area contributed by atoms with Gasteiger partial charge in [-0.15, -0.1) is 0 Å². The maximum absolute atomic E-state index is 2.24. The third-order valence-electron chi connectivity index (χ3n) is 3.21. The van der Waals surface area contributed by atoms with Crippen molar-refractivity contribution in [2.75, 3.05) is 0 Å². The molecule has 0 bridgehead atoms. The van der Waals surface area contributed by atoms with Gasteiger partial charge in [-0.05, 0) is 17.2 Å². The Bertz CT molecular complexity index is 621. The molecule has 0 saturated carbocycles. The predicted octanol–water partition coefficient (Wildman–Crippen LogP) is 0.849. The van der Waals surface area contributed by atoms with Crippen molar-refractivity contribution < 1.29 is 28.5 Å². The number of benzene rings is 2. The first-order valence-corrected chi connectivity index (χ1v) is 6.44. The number of hydrogen-bond donors (Lipinski definition) is 0. The molecule has 0 fully saturated rings. The molecule has 0 radical (unpaired) electrons. The van der Waals surface area contributed by atoms with Gasteiger partial charge in [-0.2, -0.15) is 0 Å². The average Bonchev–Trinajstić information content (AvgIpc) is 2.48. The van der Waals surface area contributed by atoms with E-state index in [4.69, 9.17) is 0 Å². The summed E-state index contributed by atoms with van der Waals surface area (Å²) in [5, 5.41) is 0. The molecule has 20 heavy (non-hydrogen) atoms. The highest BCUT2D eigenvalue weighted by Crippen LogP contribution is 2.24. The molecule has 0 aliphatic carbocycles. The van der Waals surface area contributed by atoms with Gasteiger partial charge in [0.05, 0.1) is 0 Å². The van der Waals surface area contributed by atoms with Crippen molar-refractivity contribution in [2.24, 2.45) is 7.05 Å². The standard InChI is InChI=1S/C18H16N.HI/c1-19-13-17(15-8-4-2-5-9-15)12-18(14-19)16-10-6-3-7-11-16;/h2-14H,1H3;1H/q+1;/p-1.